The molecule has 1 aromatic carbocycles. The van der Waals surface area contributed by atoms with E-state index in [4.69, 9.17) is 0 Å². The SMILES string of the molecule is CC[C@@H](CO)NCc1cn(C(C)C)c2ccccc12. The second-order valence-electron chi connectivity index (χ2n) is 5.34. The van der Waals surface area contributed by atoms with Crippen LogP contribution in [0.1, 0.15) is 38.8 Å². The van der Waals surface area contributed by atoms with Crippen LogP contribution >= 0.6 is 0 Å². The molecule has 19 heavy (non-hydrogen) atoms. The van der Waals surface area contributed by atoms with Gasteiger partial charge in [-0.1, -0.05) is 25.1 Å². The van der Waals surface area contributed by atoms with Gasteiger partial charge in [-0.15, -0.1) is 0 Å². The molecule has 1 aromatic heterocycles. The smallest absolute Gasteiger partial charge is 0.0584 e. The number of aliphatic hydroxyl groups excluding tert-OH is 1. The molecule has 0 fully saturated rings. The van der Waals surface area contributed by atoms with Crippen molar-refractivity contribution in [2.45, 2.75) is 45.8 Å². The molecule has 0 aliphatic heterocycles. The molecule has 3 heteroatoms. The molecular formula is C16H24N2O. The summed E-state index contributed by atoms with van der Waals surface area (Å²) < 4.78 is 2.31. The molecule has 0 aliphatic carbocycles. The van der Waals surface area contributed by atoms with Crippen LogP contribution < -0.4 is 5.32 Å². The van der Waals surface area contributed by atoms with Gasteiger partial charge in [0, 0.05) is 35.7 Å². The monoisotopic (exact) mass is 260 g/mol. The second kappa shape index (κ2) is 6.22. The molecule has 1 heterocycles. The Morgan fingerprint density at radius 1 is 1.26 bits per heavy atom. The molecule has 2 rings (SSSR count). The van der Waals surface area contributed by atoms with Gasteiger partial charge in [-0.25, -0.2) is 0 Å². The van der Waals surface area contributed by atoms with Crippen LogP contribution in [0.4, 0.5) is 0 Å². The zero-order chi connectivity index (χ0) is 13.8. The Bertz CT molecular complexity index is 527. The summed E-state index contributed by atoms with van der Waals surface area (Å²) >= 11 is 0. The van der Waals surface area contributed by atoms with E-state index >= 15 is 0 Å². The number of fused-ring (bicyclic) bond motifs is 1. The van der Waals surface area contributed by atoms with Crippen LogP contribution in [0.25, 0.3) is 10.9 Å². The summed E-state index contributed by atoms with van der Waals surface area (Å²) in [5, 5.41) is 14.0. The highest BCUT2D eigenvalue weighted by molar-refractivity contribution is 5.84. The largest absolute Gasteiger partial charge is 0.395 e. The van der Waals surface area contributed by atoms with Crippen molar-refractivity contribution in [2.24, 2.45) is 0 Å². The van der Waals surface area contributed by atoms with Crippen molar-refractivity contribution >= 4 is 10.9 Å². The topological polar surface area (TPSA) is 37.2 Å². The first kappa shape index (κ1) is 14.1. The molecule has 0 spiro atoms. The molecule has 104 valence electrons. The van der Waals surface area contributed by atoms with E-state index in [0.29, 0.717) is 6.04 Å². The third kappa shape index (κ3) is 2.99. The number of nitrogens with zero attached hydrogens (tertiary/aromatic N) is 1. The summed E-state index contributed by atoms with van der Waals surface area (Å²) in [6.07, 6.45) is 3.17. The zero-order valence-corrected chi connectivity index (χ0v) is 12.1. The normalized spacial score (nSPS) is 13.3. The fourth-order valence-corrected chi connectivity index (χ4v) is 2.44. The lowest BCUT2D eigenvalue weighted by atomic mass is 10.1. The molecule has 0 aliphatic rings. The van der Waals surface area contributed by atoms with Crippen molar-refractivity contribution in [1.29, 1.82) is 0 Å². The van der Waals surface area contributed by atoms with Crippen molar-refractivity contribution in [1.82, 2.24) is 9.88 Å². The van der Waals surface area contributed by atoms with Crippen molar-refractivity contribution < 1.29 is 5.11 Å². The predicted octanol–water partition coefficient (Wildman–Crippen LogP) is 3.08. The number of rotatable bonds is 6. The molecule has 0 saturated carbocycles. The maximum atomic E-state index is 9.24. The van der Waals surface area contributed by atoms with Crippen LogP contribution in [0.2, 0.25) is 0 Å². The predicted molar refractivity (Wildman–Crippen MR) is 80.3 cm³/mol. The number of hydrogen-bond acceptors (Lipinski definition) is 2. The minimum absolute atomic E-state index is 0.182. The Hall–Kier alpha value is -1.32. The van der Waals surface area contributed by atoms with Crippen molar-refractivity contribution in [2.75, 3.05) is 6.61 Å². The first-order valence-corrected chi connectivity index (χ1v) is 7.10. The van der Waals surface area contributed by atoms with Gasteiger partial charge in [0.15, 0.2) is 0 Å². The van der Waals surface area contributed by atoms with Gasteiger partial charge in [0.05, 0.1) is 6.61 Å². The maximum absolute atomic E-state index is 9.24. The van der Waals surface area contributed by atoms with E-state index in [1.165, 1.54) is 16.5 Å². The lowest BCUT2D eigenvalue weighted by Gasteiger charge is -2.13. The molecule has 0 unspecified atom stereocenters. The zero-order valence-electron chi connectivity index (χ0n) is 12.1. The highest BCUT2D eigenvalue weighted by atomic mass is 16.3. The maximum Gasteiger partial charge on any atom is 0.0584 e. The van der Waals surface area contributed by atoms with Crippen molar-refractivity contribution in [3.8, 4) is 0 Å². The molecule has 0 bridgehead atoms. The van der Waals surface area contributed by atoms with E-state index in [1.807, 2.05) is 0 Å². The van der Waals surface area contributed by atoms with Crippen molar-refractivity contribution in [3.63, 3.8) is 0 Å². The molecule has 0 amide bonds. The fraction of sp³-hybridized carbons (Fsp3) is 0.500. The molecule has 0 radical (unpaired) electrons. The van der Waals surface area contributed by atoms with Crippen LogP contribution in [-0.2, 0) is 6.54 Å². The molecule has 2 aromatic rings. The van der Waals surface area contributed by atoms with E-state index in [0.717, 1.165) is 13.0 Å². The van der Waals surface area contributed by atoms with Gasteiger partial charge < -0.3 is 15.0 Å². The van der Waals surface area contributed by atoms with Crippen LogP contribution in [0.15, 0.2) is 30.5 Å². The van der Waals surface area contributed by atoms with E-state index in [9.17, 15) is 5.11 Å². The van der Waals surface area contributed by atoms with Crippen LogP contribution in [0.3, 0.4) is 0 Å². The van der Waals surface area contributed by atoms with Gasteiger partial charge in [-0.2, -0.15) is 0 Å². The number of aromatic nitrogens is 1. The Morgan fingerprint density at radius 3 is 2.63 bits per heavy atom. The number of nitrogens with one attached hydrogen (secondary N) is 1. The summed E-state index contributed by atoms with van der Waals surface area (Å²) in [6.45, 7) is 7.49. The summed E-state index contributed by atoms with van der Waals surface area (Å²) in [4.78, 5) is 0. The summed E-state index contributed by atoms with van der Waals surface area (Å²) in [7, 11) is 0. The Morgan fingerprint density at radius 2 is 2.00 bits per heavy atom. The number of hydrogen-bond donors (Lipinski definition) is 2. The highest BCUT2D eigenvalue weighted by Gasteiger charge is 2.11. The van der Waals surface area contributed by atoms with Gasteiger partial charge >= 0.3 is 0 Å². The molecule has 1 atom stereocenters. The first-order valence-electron chi connectivity index (χ1n) is 7.10. The standard InChI is InChI=1S/C16H24N2O/c1-4-14(11-19)17-9-13-10-18(12(2)3)16-8-6-5-7-15(13)16/h5-8,10,12,14,17,19H,4,9,11H2,1-3H3/t14-/m0/s1. The average Bonchev–Trinajstić information content (AvgIpc) is 2.79. The number of benzene rings is 1. The quantitative estimate of drug-likeness (QED) is 0.837. The molecule has 0 saturated heterocycles. The number of para-hydroxylation sites is 1. The second-order valence-corrected chi connectivity index (χ2v) is 5.34. The third-order valence-corrected chi connectivity index (χ3v) is 3.67. The number of aliphatic hydroxyl groups is 1. The minimum Gasteiger partial charge on any atom is -0.395 e. The van der Waals surface area contributed by atoms with E-state index in [-0.39, 0.29) is 12.6 Å². The average molecular weight is 260 g/mol. The van der Waals surface area contributed by atoms with Gasteiger partial charge in [0.2, 0.25) is 0 Å². The minimum atomic E-state index is 0.182. The van der Waals surface area contributed by atoms with Crippen LogP contribution in [-0.4, -0.2) is 22.3 Å². The lowest BCUT2D eigenvalue weighted by molar-refractivity contribution is 0.238. The Kier molecular flexibility index (Phi) is 4.61. The molecule has 3 nitrogen and oxygen atoms in total. The Labute approximate surface area is 115 Å². The fourth-order valence-electron chi connectivity index (χ4n) is 2.44. The van der Waals surface area contributed by atoms with E-state index in [1.54, 1.807) is 0 Å². The van der Waals surface area contributed by atoms with E-state index in [2.05, 4.69) is 61.1 Å². The van der Waals surface area contributed by atoms with E-state index < -0.39 is 0 Å². The third-order valence-electron chi connectivity index (χ3n) is 3.67. The van der Waals surface area contributed by atoms with Gasteiger partial charge in [0.25, 0.3) is 0 Å². The van der Waals surface area contributed by atoms with Gasteiger partial charge in [-0.3, -0.25) is 0 Å². The molecular weight excluding hydrogens is 236 g/mol. The van der Waals surface area contributed by atoms with Crippen molar-refractivity contribution in [3.05, 3.63) is 36.0 Å². The van der Waals surface area contributed by atoms with Gasteiger partial charge in [0.1, 0.15) is 0 Å². The lowest BCUT2D eigenvalue weighted by Crippen LogP contribution is -2.31. The molecule has 2 N–H and O–H groups in total. The summed E-state index contributed by atoms with van der Waals surface area (Å²) in [6, 6.07) is 9.15. The van der Waals surface area contributed by atoms with Gasteiger partial charge in [-0.05, 0) is 31.9 Å². The summed E-state index contributed by atoms with van der Waals surface area (Å²) in [5.41, 5.74) is 2.59. The summed E-state index contributed by atoms with van der Waals surface area (Å²) in [5.74, 6) is 0. The first-order chi connectivity index (χ1) is 9.17. The van der Waals surface area contributed by atoms with Crippen LogP contribution in [0.5, 0.6) is 0 Å². The Balaban J connectivity index is 2.28. The van der Waals surface area contributed by atoms with Crippen LogP contribution in [0, 0.1) is 0 Å². The highest BCUT2D eigenvalue weighted by Crippen LogP contribution is 2.24.